The van der Waals surface area contributed by atoms with E-state index in [1.54, 1.807) is 6.20 Å². The second kappa shape index (κ2) is 6.44. The SMILES string of the molecule is Cc1ccc(Nc2nncc(Nc3ccccc3C)n2)cc1C. The van der Waals surface area contributed by atoms with Crippen LogP contribution in [-0.2, 0) is 0 Å². The van der Waals surface area contributed by atoms with Gasteiger partial charge in [0.05, 0.1) is 6.20 Å². The Kier molecular flexibility index (Phi) is 4.19. The molecule has 0 amide bonds. The number of hydrogen-bond donors (Lipinski definition) is 2. The molecule has 23 heavy (non-hydrogen) atoms. The van der Waals surface area contributed by atoms with Gasteiger partial charge in [0.1, 0.15) is 0 Å². The minimum absolute atomic E-state index is 0.465. The van der Waals surface area contributed by atoms with Crippen molar-refractivity contribution in [3.8, 4) is 0 Å². The molecule has 2 N–H and O–H groups in total. The minimum Gasteiger partial charge on any atom is -0.339 e. The highest BCUT2D eigenvalue weighted by Gasteiger charge is 2.04. The van der Waals surface area contributed by atoms with Gasteiger partial charge >= 0.3 is 0 Å². The molecule has 116 valence electrons. The van der Waals surface area contributed by atoms with Gasteiger partial charge in [0.25, 0.3) is 0 Å². The number of para-hydroxylation sites is 1. The lowest BCUT2D eigenvalue weighted by Crippen LogP contribution is -2.03. The summed E-state index contributed by atoms with van der Waals surface area (Å²) in [6.07, 6.45) is 1.61. The third kappa shape index (κ3) is 3.63. The molecule has 5 heteroatoms. The number of aromatic nitrogens is 3. The van der Waals surface area contributed by atoms with Gasteiger partial charge in [0, 0.05) is 11.4 Å². The zero-order valence-electron chi connectivity index (χ0n) is 13.5. The Morgan fingerprint density at radius 2 is 1.65 bits per heavy atom. The Hall–Kier alpha value is -2.95. The highest BCUT2D eigenvalue weighted by molar-refractivity contribution is 5.61. The molecular weight excluding hydrogens is 286 g/mol. The lowest BCUT2D eigenvalue weighted by atomic mass is 10.1. The van der Waals surface area contributed by atoms with Crippen molar-refractivity contribution in [1.29, 1.82) is 0 Å². The van der Waals surface area contributed by atoms with Crippen LogP contribution in [0.3, 0.4) is 0 Å². The summed E-state index contributed by atoms with van der Waals surface area (Å²) in [4.78, 5) is 4.46. The van der Waals surface area contributed by atoms with Crippen LogP contribution in [0.15, 0.2) is 48.7 Å². The van der Waals surface area contributed by atoms with E-state index in [2.05, 4.69) is 51.8 Å². The molecule has 3 aromatic rings. The molecule has 1 aromatic heterocycles. The number of rotatable bonds is 4. The molecule has 0 fully saturated rings. The molecule has 0 aliphatic heterocycles. The van der Waals surface area contributed by atoms with Gasteiger partial charge in [-0.3, -0.25) is 0 Å². The third-order valence-corrected chi connectivity index (χ3v) is 3.73. The maximum absolute atomic E-state index is 4.46. The van der Waals surface area contributed by atoms with Gasteiger partial charge in [0.2, 0.25) is 5.95 Å². The molecule has 0 aliphatic carbocycles. The summed E-state index contributed by atoms with van der Waals surface area (Å²) in [6.45, 7) is 6.21. The van der Waals surface area contributed by atoms with Gasteiger partial charge in [0.15, 0.2) is 5.82 Å². The number of anilines is 4. The average molecular weight is 305 g/mol. The van der Waals surface area contributed by atoms with E-state index >= 15 is 0 Å². The van der Waals surface area contributed by atoms with E-state index < -0.39 is 0 Å². The fraction of sp³-hybridized carbons (Fsp3) is 0.167. The monoisotopic (exact) mass is 305 g/mol. The second-order valence-electron chi connectivity index (χ2n) is 5.53. The van der Waals surface area contributed by atoms with Crippen LogP contribution in [0.5, 0.6) is 0 Å². The van der Waals surface area contributed by atoms with Crippen molar-refractivity contribution in [2.24, 2.45) is 0 Å². The first-order valence-electron chi connectivity index (χ1n) is 7.48. The standard InChI is InChI=1S/C18H19N5/c1-12-8-9-15(10-14(12)3)20-18-22-17(11-19-23-18)21-16-7-5-4-6-13(16)2/h4-11H,1-3H3,(H2,20,21,22,23). The molecule has 0 atom stereocenters. The van der Waals surface area contributed by atoms with Crippen molar-refractivity contribution in [2.45, 2.75) is 20.8 Å². The second-order valence-corrected chi connectivity index (χ2v) is 5.53. The van der Waals surface area contributed by atoms with Crippen LogP contribution >= 0.6 is 0 Å². The first-order chi connectivity index (χ1) is 11.1. The van der Waals surface area contributed by atoms with E-state index in [-0.39, 0.29) is 0 Å². The normalized spacial score (nSPS) is 10.4. The number of benzene rings is 2. The zero-order chi connectivity index (χ0) is 16.2. The van der Waals surface area contributed by atoms with Crippen molar-refractivity contribution < 1.29 is 0 Å². The summed E-state index contributed by atoms with van der Waals surface area (Å²) >= 11 is 0. The molecule has 0 bridgehead atoms. The third-order valence-electron chi connectivity index (χ3n) is 3.73. The fourth-order valence-electron chi connectivity index (χ4n) is 2.22. The van der Waals surface area contributed by atoms with Crippen LogP contribution in [0.2, 0.25) is 0 Å². The van der Waals surface area contributed by atoms with E-state index in [9.17, 15) is 0 Å². The van der Waals surface area contributed by atoms with Gasteiger partial charge in [-0.2, -0.15) is 10.1 Å². The maximum Gasteiger partial charge on any atom is 0.249 e. The number of hydrogen-bond acceptors (Lipinski definition) is 5. The molecule has 2 aromatic carbocycles. The average Bonchev–Trinajstić information content (AvgIpc) is 2.54. The molecule has 3 rings (SSSR count). The smallest absolute Gasteiger partial charge is 0.249 e. The van der Waals surface area contributed by atoms with Crippen LogP contribution in [0.25, 0.3) is 0 Å². The van der Waals surface area contributed by atoms with Crippen molar-refractivity contribution in [3.63, 3.8) is 0 Å². The molecule has 0 spiro atoms. The van der Waals surface area contributed by atoms with E-state index in [0.29, 0.717) is 11.8 Å². The molecule has 0 radical (unpaired) electrons. The Morgan fingerprint density at radius 1 is 0.826 bits per heavy atom. The summed E-state index contributed by atoms with van der Waals surface area (Å²) in [5.74, 6) is 1.12. The van der Waals surface area contributed by atoms with Gasteiger partial charge in [-0.05, 0) is 55.7 Å². The predicted molar refractivity (Wildman–Crippen MR) is 93.5 cm³/mol. The summed E-state index contributed by atoms with van der Waals surface area (Å²) in [6, 6.07) is 14.2. The Bertz CT molecular complexity index is 829. The van der Waals surface area contributed by atoms with Gasteiger partial charge in [-0.15, -0.1) is 5.10 Å². The van der Waals surface area contributed by atoms with Crippen molar-refractivity contribution in [1.82, 2.24) is 15.2 Å². The molecule has 1 heterocycles. The van der Waals surface area contributed by atoms with E-state index in [4.69, 9.17) is 0 Å². The van der Waals surface area contributed by atoms with E-state index in [1.165, 1.54) is 11.1 Å². The zero-order valence-corrected chi connectivity index (χ0v) is 13.5. The van der Waals surface area contributed by atoms with Gasteiger partial charge in [-0.1, -0.05) is 24.3 Å². The first kappa shape index (κ1) is 15.0. The van der Waals surface area contributed by atoms with Crippen LogP contribution in [0, 0.1) is 20.8 Å². The van der Waals surface area contributed by atoms with Gasteiger partial charge in [-0.25, -0.2) is 0 Å². The molecule has 0 aliphatic rings. The van der Waals surface area contributed by atoms with E-state index in [1.807, 2.05) is 37.3 Å². The molecule has 0 saturated heterocycles. The lowest BCUT2D eigenvalue weighted by molar-refractivity contribution is 0.982. The first-order valence-corrected chi connectivity index (χ1v) is 7.48. The summed E-state index contributed by atoms with van der Waals surface area (Å²) < 4.78 is 0. The van der Waals surface area contributed by atoms with Crippen LogP contribution in [0.4, 0.5) is 23.1 Å². The predicted octanol–water partition coefficient (Wildman–Crippen LogP) is 4.28. The molecule has 0 unspecified atom stereocenters. The van der Waals surface area contributed by atoms with E-state index in [0.717, 1.165) is 16.9 Å². The number of nitrogens with zero attached hydrogens (tertiary/aromatic N) is 3. The Morgan fingerprint density at radius 3 is 2.43 bits per heavy atom. The summed E-state index contributed by atoms with van der Waals surface area (Å²) in [5.41, 5.74) is 5.57. The summed E-state index contributed by atoms with van der Waals surface area (Å²) in [7, 11) is 0. The highest BCUT2D eigenvalue weighted by Crippen LogP contribution is 2.20. The number of nitrogens with one attached hydrogen (secondary N) is 2. The van der Waals surface area contributed by atoms with Crippen LogP contribution in [0.1, 0.15) is 16.7 Å². The highest BCUT2D eigenvalue weighted by atomic mass is 15.3. The Balaban J connectivity index is 1.79. The van der Waals surface area contributed by atoms with Crippen LogP contribution in [-0.4, -0.2) is 15.2 Å². The van der Waals surface area contributed by atoms with Crippen molar-refractivity contribution in [2.75, 3.05) is 10.6 Å². The lowest BCUT2D eigenvalue weighted by Gasteiger charge is -2.10. The van der Waals surface area contributed by atoms with Crippen LogP contribution < -0.4 is 10.6 Å². The molecule has 0 saturated carbocycles. The number of aryl methyl sites for hydroxylation is 3. The summed E-state index contributed by atoms with van der Waals surface area (Å²) in [5, 5.41) is 14.5. The van der Waals surface area contributed by atoms with Gasteiger partial charge < -0.3 is 10.6 Å². The topological polar surface area (TPSA) is 62.7 Å². The minimum atomic E-state index is 0.465. The quantitative estimate of drug-likeness (QED) is 0.753. The molecule has 5 nitrogen and oxygen atoms in total. The Labute approximate surface area is 135 Å². The molecular formula is C18H19N5. The van der Waals surface area contributed by atoms with Crippen molar-refractivity contribution >= 4 is 23.1 Å². The van der Waals surface area contributed by atoms with Crippen molar-refractivity contribution in [3.05, 3.63) is 65.4 Å². The maximum atomic E-state index is 4.46. The largest absolute Gasteiger partial charge is 0.339 e. The fourth-order valence-corrected chi connectivity index (χ4v) is 2.22.